The van der Waals surface area contributed by atoms with Crippen molar-refractivity contribution in [3.8, 4) is 5.75 Å². The molecule has 1 heterocycles. The minimum absolute atomic E-state index is 0.0305. The van der Waals surface area contributed by atoms with Gasteiger partial charge in [-0.1, -0.05) is 43.7 Å². The minimum atomic E-state index is -3.49. The van der Waals surface area contributed by atoms with Crippen LogP contribution in [0.4, 0.5) is 0 Å². The third kappa shape index (κ3) is 6.91. The Morgan fingerprint density at radius 2 is 1.94 bits per heavy atom. The fourth-order valence-corrected chi connectivity index (χ4v) is 6.55. The molecule has 2 N–H and O–H groups in total. The molecule has 3 unspecified atom stereocenters. The summed E-state index contributed by atoms with van der Waals surface area (Å²) in [7, 11) is -1.86. The molecule has 33 heavy (non-hydrogen) atoms. The van der Waals surface area contributed by atoms with E-state index in [4.69, 9.17) is 4.74 Å². The third-order valence-corrected chi connectivity index (χ3v) is 9.25. The molecule has 0 saturated carbocycles. The first-order valence-corrected chi connectivity index (χ1v) is 13.7. The molecule has 1 aliphatic rings. The first-order valence-electron chi connectivity index (χ1n) is 11.3. The number of rotatable bonds is 10. The van der Waals surface area contributed by atoms with Crippen LogP contribution in [0, 0.1) is 23.7 Å². The summed E-state index contributed by atoms with van der Waals surface area (Å²) < 4.78 is 33.4. The van der Waals surface area contributed by atoms with E-state index in [9.17, 15) is 13.2 Å². The Morgan fingerprint density at radius 3 is 2.55 bits per heavy atom. The standard InChI is InChI=1S/C25H34N2O4S2/c1-17(2)23-13-20(14-24(28)26-15-19-7-9-22(31-4)10-8-19)18(3)12-21(23)16-27-33(29,30)25-6-5-11-32-25/h5-12,17,20-21,23,27H,13-16H2,1-4H3,(H,26,28). The third-order valence-electron chi connectivity index (χ3n) is 6.43. The van der Waals surface area contributed by atoms with Crippen molar-refractivity contribution >= 4 is 27.3 Å². The van der Waals surface area contributed by atoms with E-state index in [1.54, 1.807) is 24.6 Å². The van der Waals surface area contributed by atoms with E-state index in [1.165, 1.54) is 11.3 Å². The Hall–Kier alpha value is -2.16. The van der Waals surface area contributed by atoms with Crippen molar-refractivity contribution in [2.45, 2.75) is 44.4 Å². The summed E-state index contributed by atoms with van der Waals surface area (Å²) in [5.74, 6) is 1.79. The molecule has 0 bridgehead atoms. The van der Waals surface area contributed by atoms with Crippen molar-refractivity contribution < 1.29 is 17.9 Å². The number of ether oxygens (including phenoxy) is 1. The summed E-state index contributed by atoms with van der Waals surface area (Å²) in [5.41, 5.74) is 2.19. The molecular weight excluding hydrogens is 456 g/mol. The van der Waals surface area contributed by atoms with Gasteiger partial charge in [-0.2, -0.15) is 0 Å². The van der Waals surface area contributed by atoms with Gasteiger partial charge in [-0.05, 0) is 66.2 Å². The van der Waals surface area contributed by atoms with Gasteiger partial charge in [-0.3, -0.25) is 4.79 Å². The maximum atomic E-state index is 12.6. The van der Waals surface area contributed by atoms with Gasteiger partial charge >= 0.3 is 0 Å². The number of hydrogen-bond donors (Lipinski definition) is 2. The predicted molar refractivity (Wildman–Crippen MR) is 133 cm³/mol. The second-order valence-electron chi connectivity index (χ2n) is 9.03. The highest BCUT2D eigenvalue weighted by Gasteiger charge is 2.33. The lowest BCUT2D eigenvalue weighted by Gasteiger charge is -2.37. The van der Waals surface area contributed by atoms with Crippen molar-refractivity contribution in [1.82, 2.24) is 10.0 Å². The van der Waals surface area contributed by atoms with E-state index in [-0.39, 0.29) is 17.7 Å². The smallest absolute Gasteiger partial charge is 0.250 e. The first kappa shape index (κ1) is 25.5. The zero-order valence-electron chi connectivity index (χ0n) is 19.7. The number of sulfonamides is 1. The number of carbonyl (C=O) groups excluding carboxylic acids is 1. The Bertz CT molecular complexity index is 1040. The quantitative estimate of drug-likeness (QED) is 0.477. The summed E-state index contributed by atoms with van der Waals surface area (Å²) in [6.45, 7) is 7.25. The highest BCUT2D eigenvalue weighted by Crippen LogP contribution is 2.39. The van der Waals surface area contributed by atoms with E-state index in [0.717, 1.165) is 23.3 Å². The van der Waals surface area contributed by atoms with Crippen molar-refractivity contribution in [3.05, 3.63) is 59.0 Å². The van der Waals surface area contributed by atoms with Crippen LogP contribution in [0.15, 0.2) is 57.6 Å². The lowest BCUT2D eigenvalue weighted by Crippen LogP contribution is -2.37. The topological polar surface area (TPSA) is 84.5 Å². The van der Waals surface area contributed by atoms with Gasteiger partial charge in [0.25, 0.3) is 0 Å². The second kappa shape index (κ2) is 11.3. The summed E-state index contributed by atoms with van der Waals surface area (Å²) in [6, 6.07) is 11.0. The van der Waals surface area contributed by atoms with E-state index < -0.39 is 10.0 Å². The molecule has 1 aromatic carbocycles. The van der Waals surface area contributed by atoms with Crippen LogP contribution in [0.2, 0.25) is 0 Å². The molecule has 1 amide bonds. The van der Waals surface area contributed by atoms with Crippen LogP contribution in [-0.4, -0.2) is 28.0 Å². The molecule has 0 fully saturated rings. The molecule has 0 spiro atoms. The van der Waals surface area contributed by atoms with Crippen LogP contribution in [-0.2, 0) is 21.4 Å². The minimum Gasteiger partial charge on any atom is -0.497 e. The zero-order valence-corrected chi connectivity index (χ0v) is 21.3. The van der Waals surface area contributed by atoms with Crippen molar-refractivity contribution in [2.24, 2.45) is 23.7 Å². The van der Waals surface area contributed by atoms with Gasteiger partial charge in [0.2, 0.25) is 15.9 Å². The number of amides is 1. The molecular formula is C25H34N2O4S2. The largest absolute Gasteiger partial charge is 0.497 e. The van der Waals surface area contributed by atoms with Crippen LogP contribution < -0.4 is 14.8 Å². The molecule has 6 nitrogen and oxygen atoms in total. The number of benzene rings is 1. The van der Waals surface area contributed by atoms with Gasteiger partial charge in [0, 0.05) is 19.5 Å². The zero-order chi connectivity index (χ0) is 24.0. The van der Waals surface area contributed by atoms with E-state index in [0.29, 0.717) is 35.6 Å². The van der Waals surface area contributed by atoms with Gasteiger partial charge in [0.15, 0.2) is 0 Å². The van der Waals surface area contributed by atoms with Crippen LogP contribution in [0.25, 0.3) is 0 Å². The molecule has 3 rings (SSSR count). The molecule has 3 atom stereocenters. The molecule has 8 heteroatoms. The van der Waals surface area contributed by atoms with Crippen molar-refractivity contribution in [2.75, 3.05) is 13.7 Å². The summed E-state index contributed by atoms with van der Waals surface area (Å²) in [5, 5.41) is 4.79. The number of nitrogens with one attached hydrogen (secondary N) is 2. The fraction of sp³-hybridized carbons (Fsp3) is 0.480. The van der Waals surface area contributed by atoms with Crippen molar-refractivity contribution in [1.29, 1.82) is 0 Å². The molecule has 180 valence electrons. The SMILES string of the molecule is COc1ccc(CNC(=O)CC2CC(C(C)C)C(CNS(=O)(=O)c3cccs3)C=C2C)cc1. The maximum Gasteiger partial charge on any atom is 0.250 e. The number of methoxy groups -OCH3 is 1. The molecule has 0 radical (unpaired) electrons. The number of allylic oxidation sites excluding steroid dienone is 1. The monoisotopic (exact) mass is 490 g/mol. The van der Waals surface area contributed by atoms with Gasteiger partial charge in [-0.15, -0.1) is 11.3 Å². The van der Waals surface area contributed by atoms with Gasteiger partial charge < -0.3 is 10.1 Å². The molecule has 0 saturated heterocycles. The highest BCUT2D eigenvalue weighted by atomic mass is 32.2. The molecule has 1 aliphatic carbocycles. The van der Waals surface area contributed by atoms with E-state index >= 15 is 0 Å². The Morgan fingerprint density at radius 1 is 1.21 bits per heavy atom. The van der Waals surface area contributed by atoms with Crippen LogP contribution in [0.3, 0.4) is 0 Å². The summed E-state index contributed by atoms with van der Waals surface area (Å²) in [6.07, 6.45) is 3.49. The van der Waals surface area contributed by atoms with Gasteiger partial charge in [0.05, 0.1) is 7.11 Å². The molecule has 1 aromatic heterocycles. The van der Waals surface area contributed by atoms with Crippen LogP contribution in [0.1, 0.15) is 39.2 Å². The number of carbonyl (C=O) groups is 1. The lowest BCUT2D eigenvalue weighted by atomic mass is 9.70. The lowest BCUT2D eigenvalue weighted by molar-refractivity contribution is -0.122. The number of thiophene rings is 1. The van der Waals surface area contributed by atoms with Crippen LogP contribution >= 0.6 is 11.3 Å². The van der Waals surface area contributed by atoms with E-state index in [1.807, 2.05) is 24.3 Å². The normalized spacial score (nSPS) is 21.0. The first-order chi connectivity index (χ1) is 15.7. The molecule has 2 aromatic rings. The molecule has 0 aliphatic heterocycles. The van der Waals surface area contributed by atoms with Crippen molar-refractivity contribution in [3.63, 3.8) is 0 Å². The van der Waals surface area contributed by atoms with Gasteiger partial charge in [0.1, 0.15) is 9.96 Å². The summed E-state index contributed by atoms with van der Waals surface area (Å²) in [4.78, 5) is 12.6. The Kier molecular flexibility index (Phi) is 8.73. The van der Waals surface area contributed by atoms with E-state index in [2.05, 4.69) is 36.9 Å². The number of hydrogen-bond acceptors (Lipinski definition) is 5. The Labute approximate surface area is 201 Å². The average Bonchev–Trinajstić information content (AvgIpc) is 3.34. The van der Waals surface area contributed by atoms with Crippen LogP contribution in [0.5, 0.6) is 5.75 Å². The predicted octanol–water partition coefficient (Wildman–Crippen LogP) is 4.60. The second-order valence-corrected chi connectivity index (χ2v) is 12.0. The maximum absolute atomic E-state index is 12.6. The Balaban J connectivity index is 1.59. The fourth-order valence-electron chi connectivity index (χ4n) is 4.44. The highest BCUT2D eigenvalue weighted by molar-refractivity contribution is 7.91. The summed E-state index contributed by atoms with van der Waals surface area (Å²) >= 11 is 1.22. The van der Waals surface area contributed by atoms with Gasteiger partial charge in [-0.25, -0.2) is 13.1 Å². The average molecular weight is 491 g/mol.